The molecule has 0 fully saturated rings. The molecule has 0 saturated carbocycles. The Morgan fingerprint density at radius 1 is 1.39 bits per heavy atom. The molecule has 0 amide bonds. The highest BCUT2D eigenvalue weighted by Crippen LogP contribution is 2.26. The Hall–Kier alpha value is -1.62. The molecular weight excluding hydrogens is 234 g/mol. The lowest BCUT2D eigenvalue weighted by atomic mass is 9.99. The van der Waals surface area contributed by atoms with Crippen molar-refractivity contribution in [3.05, 3.63) is 33.9 Å². The van der Waals surface area contributed by atoms with E-state index in [0.717, 1.165) is 5.56 Å². The fraction of sp³-hybridized carbons (Fsp3) is 0.538. The second kappa shape index (κ2) is 5.82. The standard InChI is InChI=1S/C13H19NO4/c1-4-13(15,5-2)9-18-12-8-11(14(16)17)7-6-10(12)3/h6-8,15H,4-5,9H2,1-3H3. The summed E-state index contributed by atoms with van der Waals surface area (Å²) in [4.78, 5) is 10.2. The van der Waals surface area contributed by atoms with Crippen molar-refractivity contribution in [1.29, 1.82) is 0 Å². The summed E-state index contributed by atoms with van der Waals surface area (Å²) in [6.07, 6.45) is 1.16. The van der Waals surface area contributed by atoms with Crippen molar-refractivity contribution in [2.75, 3.05) is 6.61 Å². The Kier molecular flexibility index (Phi) is 4.67. The zero-order valence-electron chi connectivity index (χ0n) is 11.0. The summed E-state index contributed by atoms with van der Waals surface area (Å²) in [5.74, 6) is 0.449. The smallest absolute Gasteiger partial charge is 0.273 e. The van der Waals surface area contributed by atoms with Crippen LogP contribution in [-0.2, 0) is 0 Å². The summed E-state index contributed by atoms with van der Waals surface area (Å²) in [5.41, 5.74) is -0.0702. The Morgan fingerprint density at radius 2 is 2.00 bits per heavy atom. The van der Waals surface area contributed by atoms with E-state index >= 15 is 0 Å². The Morgan fingerprint density at radius 3 is 2.50 bits per heavy atom. The number of rotatable bonds is 6. The lowest BCUT2D eigenvalue weighted by Gasteiger charge is -2.25. The largest absolute Gasteiger partial charge is 0.490 e. The second-order valence-electron chi connectivity index (χ2n) is 4.43. The highest BCUT2D eigenvalue weighted by molar-refractivity contribution is 5.43. The van der Waals surface area contributed by atoms with Crippen molar-refractivity contribution < 1.29 is 14.8 Å². The first-order valence-electron chi connectivity index (χ1n) is 6.02. The van der Waals surface area contributed by atoms with Crippen LogP contribution in [0, 0.1) is 17.0 Å². The molecule has 18 heavy (non-hydrogen) atoms. The maximum absolute atomic E-state index is 10.7. The Balaban J connectivity index is 2.84. The fourth-order valence-corrected chi connectivity index (χ4v) is 1.52. The minimum atomic E-state index is -0.878. The lowest BCUT2D eigenvalue weighted by molar-refractivity contribution is -0.385. The molecule has 1 aromatic carbocycles. The molecular formula is C13H19NO4. The van der Waals surface area contributed by atoms with Crippen LogP contribution in [0.4, 0.5) is 5.69 Å². The van der Waals surface area contributed by atoms with Crippen molar-refractivity contribution in [3.8, 4) is 5.75 Å². The molecule has 5 heteroatoms. The van der Waals surface area contributed by atoms with Crippen molar-refractivity contribution in [2.24, 2.45) is 0 Å². The van der Waals surface area contributed by atoms with E-state index in [2.05, 4.69) is 0 Å². The quantitative estimate of drug-likeness (QED) is 0.625. The van der Waals surface area contributed by atoms with Crippen molar-refractivity contribution in [2.45, 2.75) is 39.2 Å². The third kappa shape index (κ3) is 3.43. The van der Waals surface area contributed by atoms with Crippen molar-refractivity contribution >= 4 is 5.69 Å². The second-order valence-corrected chi connectivity index (χ2v) is 4.43. The molecule has 0 heterocycles. The summed E-state index contributed by atoms with van der Waals surface area (Å²) < 4.78 is 5.52. The highest BCUT2D eigenvalue weighted by Gasteiger charge is 2.23. The van der Waals surface area contributed by atoms with Gasteiger partial charge >= 0.3 is 0 Å². The van der Waals surface area contributed by atoms with E-state index in [0.29, 0.717) is 18.6 Å². The first kappa shape index (κ1) is 14.4. The van der Waals surface area contributed by atoms with Gasteiger partial charge in [-0.05, 0) is 31.4 Å². The molecule has 0 aliphatic carbocycles. The van der Waals surface area contributed by atoms with Crippen LogP contribution in [0.5, 0.6) is 5.75 Å². The molecule has 0 aliphatic rings. The van der Waals surface area contributed by atoms with E-state index in [4.69, 9.17) is 4.74 Å². The minimum absolute atomic E-state index is 0.00728. The van der Waals surface area contributed by atoms with Gasteiger partial charge in [0.1, 0.15) is 12.4 Å². The van der Waals surface area contributed by atoms with Crippen LogP contribution in [-0.4, -0.2) is 22.2 Å². The predicted molar refractivity (Wildman–Crippen MR) is 68.9 cm³/mol. The number of nitro groups is 1. The van der Waals surface area contributed by atoms with Gasteiger partial charge in [-0.15, -0.1) is 0 Å². The molecule has 0 bridgehead atoms. The molecule has 0 unspecified atom stereocenters. The third-order valence-corrected chi connectivity index (χ3v) is 3.20. The molecule has 0 radical (unpaired) electrons. The number of ether oxygens (including phenoxy) is 1. The van der Waals surface area contributed by atoms with Crippen molar-refractivity contribution in [3.63, 3.8) is 0 Å². The van der Waals surface area contributed by atoms with Gasteiger partial charge in [0.25, 0.3) is 5.69 Å². The van der Waals surface area contributed by atoms with Gasteiger partial charge in [-0.25, -0.2) is 0 Å². The van der Waals surface area contributed by atoms with Crippen LogP contribution in [0.3, 0.4) is 0 Å². The molecule has 5 nitrogen and oxygen atoms in total. The maximum atomic E-state index is 10.7. The molecule has 0 saturated heterocycles. The zero-order chi connectivity index (χ0) is 13.8. The third-order valence-electron chi connectivity index (χ3n) is 3.20. The van der Waals surface area contributed by atoms with E-state index in [1.165, 1.54) is 12.1 Å². The van der Waals surface area contributed by atoms with Crippen LogP contribution in [0.25, 0.3) is 0 Å². The van der Waals surface area contributed by atoms with Crippen LogP contribution in [0.2, 0.25) is 0 Å². The van der Waals surface area contributed by atoms with Crippen LogP contribution in [0.15, 0.2) is 18.2 Å². The lowest BCUT2D eigenvalue weighted by Crippen LogP contribution is -2.34. The summed E-state index contributed by atoms with van der Waals surface area (Å²) in [6, 6.07) is 4.47. The van der Waals surface area contributed by atoms with E-state index < -0.39 is 10.5 Å². The SMILES string of the molecule is CCC(O)(CC)COc1cc([N+](=O)[O-])ccc1C. The number of hydrogen-bond donors (Lipinski definition) is 1. The summed E-state index contributed by atoms with van der Waals surface area (Å²) >= 11 is 0. The number of hydrogen-bond acceptors (Lipinski definition) is 4. The first-order chi connectivity index (χ1) is 8.41. The molecule has 1 rings (SSSR count). The molecule has 0 aliphatic heterocycles. The van der Waals surface area contributed by atoms with E-state index in [1.54, 1.807) is 6.07 Å². The highest BCUT2D eigenvalue weighted by atomic mass is 16.6. The van der Waals surface area contributed by atoms with Crippen LogP contribution in [0.1, 0.15) is 32.3 Å². The van der Waals surface area contributed by atoms with Gasteiger partial charge in [0.15, 0.2) is 0 Å². The molecule has 0 aromatic heterocycles. The normalized spacial score (nSPS) is 11.3. The van der Waals surface area contributed by atoms with Crippen molar-refractivity contribution in [1.82, 2.24) is 0 Å². The molecule has 100 valence electrons. The zero-order valence-corrected chi connectivity index (χ0v) is 11.0. The van der Waals surface area contributed by atoms with Crippen LogP contribution < -0.4 is 4.74 Å². The number of aryl methyl sites for hydroxylation is 1. The number of benzene rings is 1. The predicted octanol–water partition coefficient (Wildman–Crippen LogP) is 2.83. The van der Waals surface area contributed by atoms with Gasteiger partial charge in [0.05, 0.1) is 16.6 Å². The van der Waals surface area contributed by atoms with Crippen LogP contribution >= 0.6 is 0 Å². The topological polar surface area (TPSA) is 72.6 Å². The van der Waals surface area contributed by atoms with E-state index in [9.17, 15) is 15.2 Å². The van der Waals surface area contributed by atoms with Gasteiger partial charge in [0.2, 0.25) is 0 Å². The average molecular weight is 253 g/mol. The fourth-order valence-electron chi connectivity index (χ4n) is 1.52. The average Bonchev–Trinajstić information content (AvgIpc) is 2.37. The van der Waals surface area contributed by atoms with Gasteiger partial charge in [-0.2, -0.15) is 0 Å². The molecule has 0 atom stereocenters. The minimum Gasteiger partial charge on any atom is -0.490 e. The monoisotopic (exact) mass is 253 g/mol. The summed E-state index contributed by atoms with van der Waals surface area (Å²) in [5, 5.41) is 20.8. The van der Waals surface area contributed by atoms with E-state index in [-0.39, 0.29) is 12.3 Å². The number of nitrogens with zero attached hydrogens (tertiary/aromatic N) is 1. The Bertz CT molecular complexity index is 427. The number of aliphatic hydroxyl groups is 1. The first-order valence-corrected chi connectivity index (χ1v) is 6.02. The van der Waals surface area contributed by atoms with Gasteiger partial charge in [-0.1, -0.05) is 13.8 Å². The van der Waals surface area contributed by atoms with Gasteiger partial charge in [-0.3, -0.25) is 10.1 Å². The maximum Gasteiger partial charge on any atom is 0.273 e. The molecule has 1 aromatic rings. The Labute approximate surface area is 107 Å². The van der Waals surface area contributed by atoms with Gasteiger partial charge in [0, 0.05) is 6.07 Å². The molecule has 1 N–H and O–H groups in total. The summed E-state index contributed by atoms with van der Waals surface area (Å²) in [6.45, 7) is 5.72. The number of non-ortho nitro benzene ring substituents is 1. The molecule has 0 spiro atoms. The summed E-state index contributed by atoms with van der Waals surface area (Å²) in [7, 11) is 0. The number of nitro benzene ring substituents is 1. The van der Waals surface area contributed by atoms with E-state index in [1.807, 2.05) is 20.8 Å². The van der Waals surface area contributed by atoms with Gasteiger partial charge < -0.3 is 9.84 Å².